The van der Waals surface area contributed by atoms with E-state index in [1.165, 1.54) is 6.42 Å². The molecule has 2 amide bonds. The van der Waals surface area contributed by atoms with Gasteiger partial charge in [-0.15, -0.1) is 0 Å². The summed E-state index contributed by atoms with van der Waals surface area (Å²) in [6, 6.07) is 2.18. The Morgan fingerprint density at radius 2 is 1.70 bits per heavy atom. The number of carbonyl (C=O) groups is 2. The van der Waals surface area contributed by atoms with Gasteiger partial charge in [0.05, 0.1) is 11.8 Å². The third kappa shape index (κ3) is 3.77. The summed E-state index contributed by atoms with van der Waals surface area (Å²) in [4.78, 5) is 40.4. The van der Waals surface area contributed by atoms with Crippen LogP contribution in [0.15, 0.2) is 18.5 Å². The first-order valence-electron chi connectivity index (χ1n) is 10.3. The van der Waals surface area contributed by atoms with Crippen LogP contribution in [-0.4, -0.2) is 70.3 Å². The first kappa shape index (κ1) is 18.2. The highest BCUT2D eigenvalue weighted by Crippen LogP contribution is 2.42. The van der Waals surface area contributed by atoms with Gasteiger partial charge in [-0.05, 0) is 38.2 Å². The quantitative estimate of drug-likeness (QED) is 0.803. The summed E-state index contributed by atoms with van der Waals surface area (Å²) in [5, 5.41) is 0. The zero-order valence-corrected chi connectivity index (χ0v) is 16.1. The maximum absolute atomic E-state index is 12.9. The Bertz CT molecular complexity index is 674. The van der Waals surface area contributed by atoms with Gasteiger partial charge in [-0.3, -0.25) is 9.59 Å². The lowest BCUT2D eigenvalue weighted by Crippen LogP contribution is -2.50. The van der Waals surface area contributed by atoms with Gasteiger partial charge >= 0.3 is 0 Å². The Hall–Kier alpha value is -2.18. The number of likely N-dealkylation sites (tertiary alicyclic amines) is 1. The molecule has 27 heavy (non-hydrogen) atoms. The van der Waals surface area contributed by atoms with Gasteiger partial charge in [0.25, 0.3) is 0 Å². The van der Waals surface area contributed by atoms with E-state index in [0.717, 1.165) is 51.3 Å². The van der Waals surface area contributed by atoms with Crippen LogP contribution in [0.25, 0.3) is 0 Å². The second kappa shape index (κ2) is 7.82. The first-order chi connectivity index (χ1) is 13.2. The highest BCUT2D eigenvalue weighted by atomic mass is 16.2. The lowest BCUT2D eigenvalue weighted by Gasteiger charge is -2.36. The molecular formula is C20H29N5O2. The van der Waals surface area contributed by atoms with Crippen LogP contribution in [0.5, 0.6) is 0 Å². The molecule has 0 spiro atoms. The molecule has 3 heterocycles. The summed E-state index contributed by atoms with van der Waals surface area (Å²) in [7, 11) is 0. The van der Waals surface area contributed by atoms with E-state index in [-0.39, 0.29) is 23.7 Å². The Morgan fingerprint density at radius 3 is 2.41 bits per heavy atom. The Labute approximate surface area is 160 Å². The van der Waals surface area contributed by atoms with E-state index < -0.39 is 0 Å². The van der Waals surface area contributed by atoms with Crippen molar-refractivity contribution in [2.45, 2.75) is 45.1 Å². The van der Waals surface area contributed by atoms with Crippen LogP contribution in [0.3, 0.4) is 0 Å². The van der Waals surface area contributed by atoms with Crippen molar-refractivity contribution in [3.8, 4) is 0 Å². The lowest BCUT2D eigenvalue weighted by atomic mass is 9.99. The molecule has 4 rings (SSSR count). The summed E-state index contributed by atoms with van der Waals surface area (Å²) in [5.74, 6) is 0.916. The summed E-state index contributed by atoms with van der Waals surface area (Å²) in [6.45, 7) is 5.86. The molecule has 0 N–H and O–H groups in total. The van der Waals surface area contributed by atoms with E-state index in [0.29, 0.717) is 19.1 Å². The number of hydrogen-bond donors (Lipinski definition) is 0. The highest BCUT2D eigenvalue weighted by Gasteiger charge is 2.51. The summed E-state index contributed by atoms with van der Waals surface area (Å²) in [5.41, 5.74) is 0. The minimum Gasteiger partial charge on any atom is -0.339 e. The normalized spacial score (nSPS) is 28.2. The van der Waals surface area contributed by atoms with Crippen LogP contribution in [0.1, 0.15) is 39.0 Å². The first-order valence-corrected chi connectivity index (χ1v) is 10.3. The van der Waals surface area contributed by atoms with Crippen molar-refractivity contribution in [3.05, 3.63) is 18.5 Å². The Kier molecular flexibility index (Phi) is 5.27. The maximum atomic E-state index is 12.9. The number of amides is 2. The number of nitrogens with zero attached hydrogens (tertiary/aromatic N) is 5. The molecule has 2 aliphatic heterocycles. The van der Waals surface area contributed by atoms with Crippen molar-refractivity contribution in [2.24, 2.45) is 11.8 Å². The van der Waals surface area contributed by atoms with Gasteiger partial charge in [0, 0.05) is 51.2 Å². The number of hydrogen-bond acceptors (Lipinski definition) is 5. The van der Waals surface area contributed by atoms with Gasteiger partial charge in [-0.25, -0.2) is 9.97 Å². The van der Waals surface area contributed by atoms with Crippen molar-refractivity contribution in [3.63, 3.8) is 0 Å². The molecule has 2 saturated heterocycles. The molecule has 0 bridgehead atoms. The third-order valence-electron chi connectivity index (χ3n) is 6.23. The van der Waals surface area contributed by atoms with E-state index in [1.54, 1.807) is 18.5 Å². The number of carbonyl (C=O) groups excluding carboxylic acids is 2. The molecule has 3 aliphatic rings. The molecule has 1 aliphatic carbocycles. The molecule has 0 radical (unpaired) electrons. The average molecular weight is 371 g/mol. The predicted molar refractivity (Wildman–Crippen MR) is 102 cm³/mol. The second-order valence-electron chi connectivity index (χ2n) is 7.90. The number of aromatic nitrogens is 2. The zero-order chi connectivity index (χ0) is 18.8. The summed E-state index contributed by atoms with van der Waals surface area (Å²) >= 11 is 0. The predicted octanol–water partition coefficient (Wildman–Crippen LogP) is 1.55. The van der Waals surface area contributed by atoms with Crippen molar-refractivity contribution < 1.29 is 9.59 Å². The van der Waals surface area contributed by atoms with E-state index in [9.17, 15) is 9.59 Å². The molecular weight excluding hydrogens is 342 g/mol. The fourth-order valence-electron chi connectivity index (χ4n) is 4.48. The number of piperazine rings is 1. The Morgan fingerprint density at radius 1 is 1.00 bits per heavy atom. The molecule has 1 saturated carbocycles. The number of rotatable bonds is 4. The fraction of sp³-hybridized carbons (Fsp3) is 0.700. The van der Waals surface area contributed by atoms with Crippen molar-refractivity contribution in [2.75, 3.05) is 37.6 Å². The third-order valence-corrected chi connectivity index (χ3v) is 6.23. The standard InChI is InChI=1S/C20H29N5O2/c1-2-15-6-3-4-9-25(15)19(27)17-14-16(17)18(26)23-10-12-24(13-11-23)20-21-7-5-8-22-20/h5,7-8,15-17H,2-4,6,9-14H2,1H3. The molecule has 0 aromatic carbocycles. The Balaban J connectivity index is 1.29. The fourth-order valence-corrected chi connectivity index (χ4v) is 4.48. The van der Waals surface area contributed by atoms with E-state index in [2.05, 4.69) is 26.7 Å². The maximum Gasteiger partial charge on any atom is 0.226 e. The lowest BCUT2D eigenvalue weighted by molar-refractivity contribution is -0.140. The van der Waals surface area contributed by atoms with Crippen LogP contribution in [-0.2, 0) is 9.59 Å². The molecule has 7 heteroatoms. The van der Waals surface area contributed by atoms with Crippen LogP contribution >= 0.6 is 0 Å². The van der Waals surface area contributed by atoms with Gasteiger partial charge < -0.3 is 14.7 Å². The van der Waals surface area contributed by atoms with E-state index in [4.69, 9.17) is 0 Å². The number of anilines is 1. The van der Waals surface area contributed by atoms with Crippen LogP contribution < -0.4 is 4.90 Å². The molecule has 3 unspecified atom stereocenters. The molecule has 3 atom stereocenters. The number of piperidine rings is 1. The van der Waals surface area contributed by atoms with Gasteiger partial charge in [-0.1, -0.05) is 6.92 Å². The zero-order valence-electron chi connectivity index (χ0n) is 16.1. The average Bonchev–Trinajstić information content (AvgIpc) is 3.54. The van der Waals surface area contributed by atoms with Gasteiger partial charge in [0.15, 0.2) is 0 Å². The van der Waals surface area contributed by atoms with Gasteiger partial charge in [0.2, 0.25) is 17.8 Å². The minimum absolute atomic E-state index is 0.0832. The van der Waals surface area contributed by atoms with Gasteiger partial charge in [0.1, 0.15) is 0 Å². The summed E-state index contributed by atoms with van der Waals surface area (Å²) in [6.07, 6.45) is 8.64. The topological polar surface area (TPSA) is 69.6 Å². The van der Waals surface area contributed by atoms with Crippen molar-refractivity contribution >= 4 is 17.8 Å². The van der Waals surface area contributed by atoms with Crippen LogP contribution in [0, 0.1) is 11.8 Å². The molecule has 3 fully saturated rings. The molecule has 1 aromatic heterocycles. The summed E-state index contributed by atoms with van der Waals surface area (Å²) < 4.78 is 0. The molecule has 7 nitrogen and oxygen atoms in total. The van der Waals surface area contributed by atoms with Crippen molar-refractivity contribution in [1.82, 2.24) is 19.8 Å². The van der Waals surface area contributed by atoms with Gasteiger partial charge in [-0.2, -0.15) is 0 Å². The van der Waals surface area contributed by atoms with Crippen molar-refractivity contribution in [1.29, 1.82) is 0 Å². The monoisotopic (exact) mass is 371 g/mol. The molecule has 1 aromatic rings. The van der Waals surface area contributed by atoms with E-state index >= 15 is 0 Å². The largest absolute Gasteiger partial charge is 0.339 e. The van der Waals surface area contributed by atoms with E-state index in [1.807, 2.05) is 4.90 Å². The smallest absolute Gasteiger partial charge is 0.226 e. The SMILES string of the molecule is CCC1CCCCN1C(=O)C1CC1C(=O)N1CCN(c2ncccn2)CC1. The minimum atomic E-state index is -0.101. The highest BCUT2D eigenvalue weighted by molar-refractivity contribution is 5.92. The second-order valence-corrected chi connectivity index (χ2v) is 7.90. The van der Waals surface area contributed by atoms with Crippen LogP contribution in [0.2, 0.25) is 0 Å². The molecule has 146 valence electrons. The van der Waals surface area contributed by atoms with Crippen LogP contribution in [0.4, 0.5) is 5.95 Å².